The number of nitrogens with zero attached hydrogens (tertiary/aromatic N) is 1. The fourth-order valence-electron chi connectivity index (χ4n) is 2.59. The van der Waals surface area contributed by atoms with Crippen LogP contribution in [0.25, 0.3) is 0 Å². The van der Waals surface area contributed by atoms with Crippen LogP contribution in [0.3, 0.4) is 0 Å². The minimum Gasteiger partial charge on any atom is -0.326 e. The van der Waals surface area contributed by atoms with Crippen molar-refractivity contribution in [1.29, 1.82) is 0 Å². The predicted molar refractivity (Wildman–Crippen MR) is 89.1 cm³/mol. The lowest BCUT2D eigenvalue weighted by Gasteiger charge is -2.10. The summed E-state index contributed by atoms with van der Waals surface area (Å²) in [7, 11) is 0. The van der Waals surface area contributed by atoms with Crippen LogP contribution < -0.4 is 10.6 Å². The number of rotatable bonds is 3. The smallest absolute Gasteiger partial charge is 0.269 e. The van der Waals surface area contributed by atoms with Crippen molar-refractivity contribution in [3.63, 3.8) is 0 Å². The number of fused-ring (bicyclic) bond motifs is 1. The Morgan fingerprint density at radius 2 is 1.88 bits per heavy atom. The van der Waals surface area contributed by atoms with Crippen molar-refractivity contribution in [2.75, 3.05) is 10.6 Å². The average molecular weight is 325 g/mol. The molecule has 3 rings (SSSR count). The molecule has 2 amide bonds. The predicted octanol–water partition coefficient (Wildman–Crippen LogP) is 3.12. The van der Waals surface area contributed by atoms with Gasteiger partial charge in [0, 0.05) is 35.5 Å². The van der Waals surface area contributed by atoms with Crippen LogP contribution in [0.5, 0.6) is 0 Å². The van der Waals surface area contributed by atoms with E-state index in [4.69, 9.17) is 0 Å². The van der Waals surface area contributed by atoms with Gasteiger partial charge in [0.1, 0.15) is 0 Å². The van der Waals surface area contributed by atoms with Crippen LogP contribution in [-0.2, 0) is 11.2 Å². The average Bonchev–Trinajstić information content (AvgIpc) is 2.75. The lowest BCUT2D eigenvalue weighted by Crippen LogP contribution is -2.13. The van der Waals surface area contributed by atoms with E-state index >= 15 is 0 Å². The third kappa shape index (κ3) is 3.40. The number of carbonyl (C=O) groups excluding carboxylic acids is 2. The summed E-state index contributed by atoms with van der Waals surface area (Å²) < 4.78 is 0. The van der Waals surface area contributed by atoms with E-state index in [1.165, 1.54) is 24.3 Å². The van der Waals surface area contributed by atoms with Gasteiger partial charge in [-0.15, -0.1) is 0 Å². The summed E-state index contributed by atoms with van der Waals surface area (Å²) in [6, 6.07) is 10.8. The van der Waals surface area contributed by atoms with Crippen LogP contribution in [0.1, 0.15) is 28.8 Å². The van der Waals surface area contributed by atoms with Gasteiger partial charge < -0.3 is 10.6 Å². The van der Waals surface area contributed by atoms with Gasteiger partial charge in [-0.25, -0.2) is 0 Å². The molecule has 122 valence electrons. The highest BCUT2D eigenvalue weighted by atomic mass is 16.6. The number of hydrogen-bond donors (Lipinski definition) is 2. The molecule has 7 heteroatoms. The summed E-state index contributed by atoms with van der Waals surface area (Å²) in [5.41, 5.74) is 2.59. The number of amides is 2. The Balaban J connectivity index is 1.76. The van der Waals surface area contributed by atoms with Gasteiger partial charge in [0.05, 0.1) is 4.92 Å². The van der Waals surface area contributed by atoms with E-state index < -0.39 is 4.92 Å². The number of anilines is 2. The highest BCUT2D eigenvalue weighted by molar-refractivity contribution is 6.05. The molecule has 2 aromatic rings. The van der Waals surface area contributed by atoms with Crippen LogP contribution in [0.15, 0.2) is 42.5 Å². The topological polar surface area (TPSA) is 101 Å². The molecule has 24 heavy (non-hydrogen) atoms. The summed E-state index contributed by atoms with van der Waals surface area (Å²) >= 11 is 0. The van der Waals surface area contributed by atoms with Gasteiger partial charge in [-0.05, 0) is 48.7 Å². The zero-order chi connectivity index (χ0) is 17.1. The van der Waals surface area contributed by atoms with Crippen LogP contribution in [0.4, 0.5) is 17.1 Å². The maximum absolute atomic E-state index is 12.3. The molecular weight excluding hydrogens is 310 g/mol. The Labute approximate surface area is 137 Å². The molecule has 2 N–H and O–H groups in total. The van der Waals surface area contributed by atoms with Gasteiger partial charge in [0.2, 0.25) is 5.91 Å². The highest BCUT2D eigenvalue weighted by Gasteiger charge is 2.15. The van der Waals surface area contributed by atoms with Gasteiger partial charge >= 0.3 is 0 Å². The minimum absolute atomic E-state index is 0.0168. The van der Waals surface area contributed by atoms with E-state index in [2.05, 4.69) is 10.6 Å². The number of benzene rings is 2. The lowest BCUT2D eigenvalue weighted by molar-refractivity contribution is -0.384. The van der Waals surface area contributed by atoms with Gasteiger partial charge in [-0.2, -0.15) is 0 Å². The summed E-state index contributed by atoms with van der Waals surface area (Å²) in [6.07, 6.45) is 1.94. The van der Waals surface area contributed by atoms with Crippen LogP contribution in [-0.4, -0.2) is 16.7 Å². The van der Waals surface area contributed by atoms with Gasteiger partial charge in [-0.1, -0.05) is 0 Å². The molecule has 1 aliphatic rings. The van der Waals surface area contributed by atoms with Crippen LogP contribution in [0, 0.1) is 10.1 Å². The first-order valence-corrected chi connectivity index (χ1v) is 7.51. The molecule has 0 atom stereocenters. The van der Waals surface area contributed by atoms with Gasteiger partial charge in [0.15, 0.2) is 0 Å². The van der Waals surface area contributed by atoms with Crippen molar-refractivity contribution in [2.45, 2.75) is 19.3 Å². The Morgan fingerprint density at radius 3 is 2.58 bits per heavy atom. The summed E-state index contributed by atoms with van der Waals surface area (Å²) in [5.74, 6) is -0.320. The summed E-state index contributed by atoms with van der Waals surface area (Å²) in [5, 5.41) is 16.2. The quantitative estimate of drug-likeness (QED) is 0.668. The summed E-state index contributed by atoms with van der Waals surface area (Å²) in [4.78, 5) is 34.0. The Bertz CT molecular complexity index is 815. The third-order valence-corrected chi connectivity index (χ3v) is 3.83. The largest absolute Gasteiger partial charge is 0.326 e. The molecule has 1 heterocycles. The fourth-order valence-corrected chi connectivity index (χ4v) is 2.59. The first-order valence-electron chi connectivity index (χ1n) is 7.51. The molecule has 7 nitrogen and oxygen atoms in total. The second-order valence-corrected chi connectivity index (χ2v) is 5.53. The molecule has 0 aromatic heterocycles. The molecule has 0 aliphatic carbocycles. The third-order valence-electron chi connectivity index (χ3n) is 3.83. The zero-order valence-electron chi connectivity index (χ0n) is 12.7. The van der Waals surface area contributed by atoms with Crippen molar-refractivity contribution >= 4 is 28.9 Å². The van der Waals surface area contributed by atoms with Gasteiger partial charge in [-0.3, -0.25) is 19.7 Å². The number of carbonyl (C=O) groups is 2. The Kier molecular flexibility index (Phi) is 4.24. The Morgan fingerprint density at radius 1 is 1.12 bits per heavy atom. The molecule has 0 fully saturated rings. The number of nitro benzene ring substituents is 1. The van der Waals surface area contributed by atoms with Gasteiger partial charge in [0.25, 0.3) is 11.6 Å². The number of non-ortho nitro benzene ring substituents is 1. The number of nitrogens with one attached hydrogen (secondary N) is 2. The Hall–Kier alpha value is -3.22. The SMILES string of the molecule is O=C1CCCc2cc(C(=O)Nc3ccc([N+](=O)[O-])cc3)ccc2N1. The van der Waals surface area contributed by atoms with Crippen molar-refractivity contribution in [1.82, 2.24) is 0 Å². The number of hydrogen-bond acceptors (Lipinski definition) is 4. The fraction of sp³-hybridized carbons (Fsp3) is 0.176. The molecule has 2 aromatic carbocycles. The maximum Gasteiger partial charge on any atom is 0.269 e. The number of aryl methyl sites for hydroxylation is 1. The van der Waals surface area contributed by atoms with E-state index in [0.717, 1.165) is 24.1 Å². The molecule has 0 unspecified atom stereocenters. The second kappa shape index (κ2) is 6.49. The van der Waals surface area contributed by atoms with Crippen LogP contribution in [0.2, 0.25) is 0 Å². The van der Waals surface area contributed by atoms with Crippen LogP contribution >= 0.6 is 0 Å². The molecule has 0 radical (unpaired) electrons. The monoisotopic (exact) mass is 325 g/mol. The second-order valence-electron chi connectivity index (χ2n) is 5.53. The van der Waals surface area contributed by atoms with Crippen molar-refractivity contribution in [2.24, 2.45) is 0 Å². The van der Waals surface area contributed by atoms with Crippen molar-refractivity contribution < 1.29 is 14.5 Å². The van der Waals surface area contributed by atoms with E-state index in [-0.39, 0.29) is 17.5 Å². The molecule has 0 bridgehead atoms. The highest BCUT2D eigenvalue weighted by Crippen LogP contribution is 2.24. The van der Waals surface area contributed by atoms with E-state index in [1.54, 1.807) is 18.2 Å². The van der Waals surface area contributed by atoms with Crippen molar-refractivity contribution in [3.05, 3.63) is 63.7 Å². The standard InChI is InChI=1S/C17H15N3O4/c21-16-3-1-2-11-10-12(4-9-15(11)19-16)17(22)18-13-5-7-14(8-6-13)20(23)24/h4-10H,1-3H2,(H,18,22)(H,19,21). The minimum atomic E-state index is -0.494. The lowest BCUT2D eigenvalue weighted by atomic mass is 10.0. The molecule has 0 spiro atoms. The molecule has 0 saturated carbocycles. The first-order chi connectivity index (χ1) is 11.5. The molecule has 0 saturated heterocycles. The summed E-state index contributed by atoms with van der Waals surface area (Å²) in [6.45, 7) is 0. The van der Waals surface area contributed by atoms with E-state index in [9.17, 15) is 19.7 Å². The molecular formula is C17H15N3O4. The molecule has 1 aliphatic heterocycles. The first kappa shape index (κ1) is 15.7. The normalized spacial score (nSPS) is 13.4. The maximum atomic E-state index is 12.3. The number of nitro groups is 1. The zero-order valence-corrected chi connectivity index (χ0v) is 12.7. The van der Waals surface area contributed by atoms with E-state index in [0.29, 0.717) is 17.7 Å². The van der Waals surface area contributed by atoms with E-state index in [1.807, 2.05) is 0 Å². The van der Waals surface area contributed by atoms with Crippen molar-refractivity contribution in [3.8, 4) is 0 Å².